The number of benzene rings is 6. The second-order valence-corrected chi connectivity index (χ2v) is 19.4. The molecule has 6 aromatic carbocycles. The molecule has 0 spiro atoms. The van der Waals surface area contributed by atoms with E-state index in [1.54, 1.807) is 0 Å². The zero-order chi connectivity index (χ0) is 37.2. The van der Waals surface area contributed by atoms with Gasteiger partial charge in [-0.25, -0.2) is 9.97 Å². The molecule has 3 heteroatoms. The lowest BCUT2D eigenvalue weighted by molar-refractivity contribution is 0.660. The van der Waals surface area contributed by atoms with Crippen molar-refractivity contribution in [3.63, 3.8) is 0 Å². The van der Waals surface area contributed by atoms with Crippen molar-refractivity contribution in [2.45, 2.75) is 38.9 Å². The van der Waals surface area contributed by atoms with Crippen LogP contribution in [0.2, 0.25) is 19.6 Å². The van der Waals surface area contributed by atoms with Crippen LogP contribution in [0.25, 0.3) is 67.3 Å². The summed E-state index contributed by atoms with van der Waals surface area (Å²) in [6.07, 6.45) is 0. The van der Waals surface area contributed by atoms with Crippen molar-refractivity contribution in [2.24, 2.45) is 0 Å². The van der Waals surface area contributed by atoms with Gasteiger partial charge in [0.25, 0.3) is 0 Å². The molecule has 0 N–H and O–H groups in total. The number of hydrogen-bond acceptors (Lipinski definition) is 2. The Bertz CT molecular complexity index is 2470. The first-order valence-corrected chi connectivity index (χ1v) is 20.3. The normalized spacial score (nSPS) is 14.3. The first kappa shape index (κ1) is 26.6. The third-order valence-electron chi connectivity index (χ3n) is 9.66. The van der Waals surface area contributed by atoms with Crippen molar-refractivity contribution in [1.29, 1.82) is 0 Å². The van der Waals surface area contributed by atoms with Gasteiger partial charge in [0, 0.05) is 22.1 Å². The molecule has 7 aromatic rings. The molecule has 1 aliphatic carbocycles. The van der Waals surface area contributed by atoms with Gasteiger partial charge in [0.1, 0.15) is 0 Å². The molecule has 0 saturated carbocycles. The minimum atomic E-state index is -2.12. The van der Waals surface area contributed by atoms with E-state index in [9.17, 15) is 0 Å². The molecular weight excluding hydrogens is 609 g/mol. The van der Waals surface area contributed by atoms with Crippen LogP contribution < -0.4 is 5.19 Å². The number of fused-ring (bicyclic) bond motifs is 3. The summed E-state index contributed by atoms with van der Waals surface area (Å²) < 4.78 is 35.7. The molecule has 0 bridgehead atoms. The van der Waals surface area contributed by atoms with Crippen LogP contribution in [0.3, 0.4) is 0 Å². The third kappa shape index (κ3) is 5.75. The summed E-state index contributed by atoms with van der Waals surface area (Å²) in [5, 5.41) is 0.574. The fourth-order valence-electron chi connectivity index (χ4n) is 6.86. The molecule has 1 heterocycles. The number of aromatic nitrogens is 2. The SMILES string of the molecule is [2H]c1c([2H])c([Si](C)(C)C)c([2H])c([2H])c1-c1ccc2c(c1)-c1cc(-c3cccc(-c4cc(-c5ccccc5)nc(-c5ccccc5)n4)c3)ccc1C2(C)C. The van der Waals surface area contributed by atoms with E-state index >= 15 is 0 Å². The Hall–Kier alpha value is -5.38. The van der Waals surface area contributed by atoms with Gasteiger partial charge in [0.15, 0.2) is 5.82 Å². The Labute approximate surface area is 296 Å². The van der Waals surface area contributed by atoms with Gasteiger partial charge < -0.3 is 0 Å². The lowest BCUT2D eigenvalue weighted by Gasteiger charge is -2.22. The zero-order valence-corrected chi connectivity index (χ0v) is 29.5. The second-order valence-electron chi connectivity index (χ2n) is 14.4. The maximum atomic E-state index is 8.99. The largest absolute Gasteiger partial charge is 0.228 e. The Morgan fingerprint density at radius 2 is 0.959 bits per heavy atom. The number of nitrogens with zero attached hydrogens (tertiary/aromatic N) is 2. The maximum Gasteiger partial charge on any atom is 0.160 e. The molecule has 0 radical (unpaired) electrons. The molecule has 49 heavy (non-hydrogen) atoms. The van der Waals surface area contributed by atoms with E-state index in [0.29, 0.717) is 22.1 Å². The van der Waals surface area contributed by atoms with Gasteiger partial charge in [-0.2, -0.15) is 0 Å². The maximum absolute atomic E-state index is 8.99. The van der Waals surface area contributed by atoms with Gasteiger partial charge in [-0.15, -0.1) is 0 Å². The van der Waals surface area contributed by atoms with Gasteiger partial charge in [0.2, 0.25) is 0 Å². The summed E-state index contributed by atoms with van der Waals surface area (Å²) in [4.78, 5) is 10.0. The molecule has 0 fully saturated rings. The molecule has 2 nitrogen and oxygen atoms in total. The van der Waals surface area contributed by atoms with Gasteiger partial charge in [-0.1, -0.05) is 166 Å². The Kier molecular flexibility index (Phi) is 6.47. The summed E-state index contributed by atoms with van der Waals surface area (Å²) in [5.74, 6) is 0.677. The first-order chi connectivity index (χ1) is 25.3. The van der Waals surface area contributed by atoms with E-state index in [2.05, 4.69) is 106 Å². The molecule has 0 aliphatic heterocycles. The van der Waals surface area contributed by atoms with Crippen LogP contribution in [-0.2, 0) is 5.41 Å². The standard InChI is InChI=1S/C46H40N2Si/c1-46(2)41-25-21-35(31-19-23-38(24-20-31)49(3,4)5)28-39(41)40-29-36(22-26-42(40)46)34-17-12-18-37(27-34)44-30-43(32-13-8-6-9-14-32)47-45(48-44)33-15-10-7-11-16-33/h6-30H,1-5H3/i19D,20D,23D,24D. The van der Waals surface area contributed by atoms with Gasteiger partial charge >= 0.3 is 0 Å². The molecular formula is C46H40N2Si. The third-order valence-corrected chi connectivity index (χ3v) is 11.4. The summed E-state index contributed by atoms with van der Waals surface area (Å²) in [6, 6.07) is 43.9. The average molecular weight is 653 g/mol. The first-order valence-electron chi connectivity index (χ1n) is 18.8. The van der Waals surface area contributed by atoms with Crippen molar-refractivity contribution in [2.75, 3.05) is 0 Å². The van der Waals surface area contributed by atoms with Gasteiger partial charge in [0.05, 0.1) is 24.9 Å². The highest BCUT2D eigenvalue weighted by Gasteiger charge is 2.35. The van der Waals surface area contributed by atoms with Crippen LogP contribution >= 0.6 is 0 Å². The topological polar surface area (TPSA) is 25.8 Å². The smallest absolute Gasteiger partial charge is 0.160 e. The Morgan fingerprint density at radius 1 is 0.469 bits per heavy atom. The molecule has 238 valence electrons. The van der Waals surface area contributed by atoms with Crippen LogP contribution in [0.1, 0.15) is 30.5 Å². The Morgan fingerprint density at radius 3 is 1.55 bits per heavy atom. The van der Waals surface area contributed by atoms with Crippen LogP contribution in [-0.4, -0.2) is 18.0 Å². The minimum Gasteiger partial charge on any atom is -0.228 e. The minimum absolute atomic E-state index is 0.0296. The predicted octanol–water partition coefficient (Wildman–Crippen LogP) is 11.7. The molecule has 1 aromatic heterocycles. The summed E-state index contributed by atoms with van der Waals surface area (Å²) >= 11 is 0. The lowest BCUT2D eigenvalue weighted by Crippen LogP contribution is -2.37. The summed E-state index contributed by atoms with van der Waals surface area (Å²) in [6.45, 7) is 10.7. The van der Waals surface area contributed by atoms with Crippen molar-refractivity contribution in [3.8, 4) is 67.3 Å². The van der Waals surface area contributed by atoms with Crippen LogP contribution in [0.4, 0.5) is 0 Å². The highest BCUT2D eigenvalue weighted by molar-refractivity contribution is 6.88. The van der Waals surface area contributed by atoms with E-state index in [1.165, 1.54) is 11.1 Å². The average Bonchev–Trinajstić information content (AvgIpc) is 3.39. The fourth-order valence-corrected chi connectivity index (χ4v) is 7.74. The van der Waals surface area contributed by atoms with E-state index in [4.69, 9.17) is 15.5 Å². The Balaban J connectivity index is 1.23. The molecule has 8 rings (SSSR count). The van der Waals surface area contributed by atoms with Crippen molar-refractivity contribution in [1.82, 2.24) is 9.97 Å². The lowest BCUT2D eigenvalue weighted by atomic mass is 9.82. The molecule has 0 unspecified atom stereocenters. The molecule has 0 atom stereocenters. The fraction of sp³-hybridized carbons (Fsp3) is 0.130. The van der Waals surface area contributed by atoms with Crippen molar-refractivity contribution >= 4 is 13.3 Å². The molecule has 1 aliphatic rings. The summed E-state index contributed by atoms with van der Waals surface area (Å²) in [5.41, 5.74) is 12.2. The number of rotatable bonds is 6. The zero-order valence-electron chi connectivity index (χ0n) is 32.5. The highest BCUT2D eigenvalue weighted by Crippen LogP contribution is 2.50. The second kappa shape index (κ2) is 11.9. The van der Waals surface area contributed by atoms with Crippen molar-refractivity contribution < 1.29 is 5.48 Å². The van der Waals surface area contributed by atoms with Crippen LogP contribution in [0, 0.1) is 0 Å². The van der Waals surface area contributed by atoms with Crippen LogP contribution in [0.5, 0.6) is 0 Å². The molecule has 0 saturated heterocycles. The van der Waals surface area contributed by atoms with E-state index in [-0.39, 0.29) is 29.6 Å². The quantitative estimate of drug-likeness (QED) is 0.167. The van der Waals surface area contributed by atoms with E-state index < -0.39 is 8.07 Å². The van der Waals surface area contributed by atoms with Gasteiger partial charge in [-0.3, -0.25) is 0 Å². The van der Waals surface area contributed by atoms with E-state index in [1.807, 2.05) is 54.6 Å². The van der Waals surface area contributed by atoms with E-state index in [0.717, 1.165) is 50.3 Å². The van der Waals surface area contributed by atoms with Gasteiger partial charge in [-0.05, 0) is 68.8 Å². The number of hydrogen-bond donors (Lipinski definition) is 0. The molecule has 0 amide bonds. The highest BCUT2D eigenvalue weighted by atomic mass is 28.3. The van der Waals surface area contributed by atoms with Crippen molar-refractivity contribution in [3.05, 3.63) is 163 Å². The van der Waals surface area contributed by atoms with Crippen LogP contribution in [0.15, 0.2) is 152 Å². The monoisotopic (exact) mass is 652 g/mol. The summed E-state index contributed by atoms with van der Waals surface area (Å²) in [7, 11) is -2.12. The predicted molar refractivity (Wildman–Crippen MR) is 210 cm³/mol.